The standard InChI is InChI=1S/C16H20N2OS/c1-11-5-4-8-18(13(11)10-17)16(19)15-9-12-6-2-3-7-14(12)20-15/h2-3,6-7,9,11,13H,4-5,8,10,17H2,1H3. The largest absolute Gasteiger partial charge is 0.333 e. The quantitative estimate of drug-likeness (QED) is 0.923. The van der Waals surface area contributed by atoms with Crippen molar-refractivity contribution in [1.29, 1.82) is 0 Å². The van der Waals surface area contributed by atoms with Crippen LogP contribution in [-0.2, 0) is 0 Å². The average molecular weight is 288 g/mol. The number of piperidine rings is 1. The lowest BCUT2D eigenvalue weighted by Crippen LogP contribution is -2.51. The lowest BCUT2D eigenvalue weighted by molar-refractivity contribution is 0.0537. The summed E-state index contributed by atoms with van der Waals surface area (Å²) < 4.78 is 1.17. The maximum Gasteiger partial charge on any atom is 0.264 e. The van der Waals surface area contributed by atoms with Gasteiger partial charge in [0.05, 0.1) is 4.88 Å². The van der Waals surface area contributed by atoms with Gasteiger partial charge in [0.25, 0.3) is 5.91 Å². The van der Waals surface area contributed by atoms with Crippen LogP contribution in [0.5, 0.6) is 0 Å². The normalized spacial score (nSPS) is 23.2. The summed E-state index contributed by atoms with van der Waals surface area (Å²) >= 11 is 1.58. The van der Waals surface area contributed by atoms with Crippen molar-refractivity contribution in [1.82, 2.24) is 4.90 Å². The maximum atomic E-state index is 12.8. The van der Waals surface area contributed by atoms with Crippen LogP contribution in [0.2, 0.25) is 0 Å². The molecule has 3 nitrogen and oxygen atoms in total. The molecule has 0 spiro atoms. The van der Waals surface area contributed by atoms with Crippen molar-refractivity contribution < 1.29 is 4.79 Å². The molecule has 1 saturated heterocycles. The summed E-state index contributed by atoms with van der Waals surface area (Å²) in [5.74, 6) is 0.639. The fourth-order valence-electron chi connectivity index (χ4n) is 3.09. The number of benzene rings is 1. The highest BCUT2D eigenvalue weighted by atomic mass is 32.1. The van der Waals surface area contributed by atoms with Gasteiger partial charge in [0, 0.05) is 23.8 Å². The SMILES string of the molecule is CC1CCCN(C(=O)c2cc3ccccc3s2)C1CN. The van der Waals surface area contributed by atoms with E-state index in [0.717, 1.165) is 29.6 Å². The van der Waals surface area contributed by atoms with Crippen molar-refractivity contribution >= 4 is 27.3 Å². The Labute approximate surface area is 123 Å². The molecule has 20 heavy (non-hydrogen) atoms. The summed E-state index contributed by atoms with van der Waals surface area (Å²) in [5.41, 5.74) is 5.88. The highest BCUT2D eigenvalue weighted by molar-refractivity contribution is 7.20. The molecule has 0 bridgehead atoms. The number of nitrogens with two attached hydrogens (primary N) is 1. The van der Waals surface area contributed by atoms with Crippen LogP contribution < -0.4 is 5.73 Å². The molecule has 1 fully saturated rings. The predicted molar refractivity (Wildman–Crippen MR) is 84.1 cm³/mol. The van der Waals surface area contributed by atoms with Crippen LogP contribution >= 0.6 is 11.3 Å². The van der Waals surface area contributed by atoms with Crippen LogP contribution in [0, 0.1) is 5.92 Å². The number of hydrogen-bond acceptors (Lipinski definition) is 3. The number of amides is 1. The second-order valence-corrected chi connectivity index (χ2v) is 6.65. The fourth-order valence-corrected chi connectivity index (χ4v) is 4.11. The summed E-state index contributed by atoms with van der Waals surface area (Å²) in [6, 6.07) is 10.3. The Morgan fingerprint density at radius 2 is 2.25 bits per heavy atom. The first kappa shape index (κ1) is 13.6. The summed E-state index contributed by atoms with van der Waals surface area (Å²) in [6.07, 6.45) is 2.24. The zero-order chi connectivity index (χ0) is 14.1. The van der Waals surface area contributed by atoms with Crippen LogP contribution in [-0.4, -0.2) is 29.9 Å². The molecule has 2 N–H and O–H groups in total. The van der Waals surface area contributed by atoms with Gasteiger partial charge in [0.1, 0.15) is 0 Å². The van der Waals surface area contributed by atoms with Crippen LogP contribution in [0.25, 0.3) is 10.1 Å². The van der Waals surface area contributed by atoms with Gasteiger partial charge in [-0.3, -0.25) is 4.79 Å². The molecular formula is C16H20N2OS. The van der Waals surface area contributed by atoms with Gasteiger partial charge in [-0.2, -0.15) is 0 Å². The second kappa shape index (κ2) is 5.54. The molecule has 2 atom stereocenters. The van der Waals surface area contributed by atoms with Gasteiger partial charge in [-0.15, -0.1) is 11.3 Å². The number of nitrogens with zero attached hydrogens (tertiary/aromatic N) is 1. The van der Waals surface area contributed by atoms with E-state index in [2.05, 4.69) is 19.1 Å². The number of rotatable bonds is 2. The molecular weight excluding hydrogens is 268 g/mol. The van der Waals surface area contributed by atoms with E-state index < -0.39 is 0 Å². The minimum Gasteiger partial charge on any atom is -0.333 e. The summed E-state index contributed by atoms with van der Waals surface area (Å²) in [5, 5.41) is 1.15. The van der Waals surface area contributed by atoms with E-state index in [1.54, 1.807) is 11.3 Å². The molecule has 106 valence electrons. The number of carbonyl (C=O) groups excluding carboxylic acids is 1. The van der Waals surface area contributed by atoms with Gasteiger partial charge in [0.2, 0.25) is 0 Å². The van der Waals surface area contributed by atoms with Crippen molar-refractivity contribution in [2.24, 2.45) is 11.7 Å². The van der Waals surface area contributed by atoms with Crippen molar-refractivity contribution in [2.75, 3.05) is 13.1 Å². The van der Waals surface area contributed by atoms with Gasteiger partial charge in [0.15, 0.2) is 0 Å². The molecule has 0 saturated carbocycles. The third-order valence-corrected chi connectivity index (χ3v) is 5.36. The molecule has 1 aromatic heterocycles. The van der Waals surface area contributed by atoms with Gasteiger partial charge < -0.3 is 10.6 Å². The van der Waals surface area contributed by atoms with E-state index in [9.17, 15) is 4.79 Å². The first-order valence-corrected chi connectivity index (χ1v) is 8.02. The Hall–Kier alpha value is -1.39. The Morgan fingerprint density at radius 3 is 3.00 bits per heavy atom. The first-order chi connectivity index (χ1) is 9.70. The Balaban J connectivity index is 1.90. The molecule has 2 unspecified atom stereocenters. The van der Waals surface area contributed by atoms with Gasteiger partial charge in [-0.05, 0) is 36.3 Å². The van der Waals surface area contributed by atoms with Crippen molar-refractivity contribution in [2.45, 2.75) is 25.8 Å². The van der Waals surface area contributed by atoms with Crippen LogP contribution in [0.1, 0.15) is 29.4 Å². The van der Waals surface area contributed by atoms with Crippen LogP contribution in [0.4, 0.5) is 0 Å². The third-order valence-electron chi connectivity index (χ3n) is 4.25. The molecule has 4 heteroatoms. The number of fused-ring (bicyclic) bond motifs is 1. The average Bonchev–Trinajstić information content (AvgIpc) is 2.90. The monoisotopic (exact) mass is 288 g/mol. The number of carbonyl (C=O) groups is 1. The molecule has 1 aromatic carbocycles. The fraction of sp³-hybridized carbons (Fsp3) is 0.438. The Morgan fingerprint density at radius 1 is 1.45 bits per heavy atom. The minimum absolute atomic E-state index is 0.146. The third kappa shape index (κ3) is 2.34. The van der Waals surface area contributed by atoms with Crippen LogP contribution in [0.3, 0.4) is 0 Å². The second-order valence-electron chi connectivity index (χ2n) is 5.57. The van der Waals surface area contributed by atoms with Crippen molar-refractivity contribution in [3.05, 3.63) is 35.2 Å². The van der Waals surface area contributed by atoms with E-state index >= 15 is 0 Å². The van der Waals surface area contributed by atoms with Crippen LogP contribution in [0.15, 0.2) is 30.3 Å². The zero-order valence-electron chi connectivity index (χ0n) is 11.7. The van der Waals surface area contributed by atoms with Crippen molar-refractivity contribution in [3.63, 3.8) is 0 Å². The van der Waals surface area contributed by atoms with E-state index in [-0.39, 0.29) is 11.9 Å². The topological polar surface area (TPSA) is 46.3 Å². The van der Waals surface area contributed by atoms with E-state index in [4.69, 9.17) is 5.73 Å². The molecule has 1 aliphatic heterocycles. The smallest absolute Gasteiger partial charge is 0.264 e. The molecule has 3 rings (SSSR count). The van der Waals surface area contributed by atoms with Gasteiger partial charge in [-0.25, -0.2) is 0 Å². The lowest BCUT2D eigenvalue weighted by atomic mass is 9.90. The van der Waals surface area contributed by atoms with Crippen molar-refractivity contribution in [3.8, 4) is 0 Å². The molecule has 1 amide bonds. The highest BCUT2D eigenvalue weighted by Gasteiger charge is 2.31. The first-order valence-electron chi connectivity index (χ1n) is 7.20. The maximum absolute atomic E-state index is 12.8. The molecule has 2 heterocycles. The summed E-state index contributed by atoms with van der Waals surface area (Å²) in [6.45, 7) is 3.58. The summed E-state index contributed by atoms with van der Waals surface area (Å²) in [7, 11) is 0. The Bertz CT molecular complexity index is 589. The number of likely N-dealkylation sites (tertiary alicyclic amines) is 1. The zero-order valence-corrected chi connectivity index (χ0v) is 12.5. The summed E-state index contributed by atoms with van der Waals surface area (Å²) in [4.78, 5) is 15.6. The predicted octanol–water partition coefficient (Wildman–Crippen LogP) is 3.10. The molecule has 0 radical (unpaired) electrons. The molecule has 1 aliphatic rings. The number of hydrogen-bond donors (Lipinski definition) is 1. The molecule has 0 aliphatic carbocycles. The van der Waals surface area contributed by atoms with E-state index in [1.165, 1.54) is 4.70 Å². The Kier molecular flexibility index (Phi) is 3.76. The van der Waals surface area contributed by atoms with E-state index in [0.29, 0.717) is 12.5 Å². The highest BCUT2D eigenvalue weighted by Crippen LogP contribution is 2.29. The number of thiophene rings is 1. The van der Waals surface area contributed by atoms with E-state index in [1.807, 2.05) is 23.1 Å². The van der Waals surface area contributed by atoms with Gasteiger partial charge >= 0.3 is 0 Å². The van der Waals surface area contributed by atoms with Gasteiger partial charge in [-0.1, -0.05) is 25.1 Å². The molecule has 2 aromatic rings. The minimum atomic E-state index is 0.146. The lowest BCUT2D eigenvalue weighted by Gasteiger charge is -2.39.